The first-order valence-corrected chi connectivity index (χ1v) is 13.2. The maximum atomic E-state index is 13.6. The Bertz CT molecular complexity index is 1140. The number of aliphatic hydroxyl groups is 1. The minimum atomic E-state index is -3.87. The molecule has 1 aromatic heterocycles. The number of rotatable bonds is 7. The molecule has 190 valence electrons. The zero-order valence-corrected chi connectivity index (χ0v) is 22.0. The lowest BCUT2D eigenvalue weighted by atomic mass is 10.0. The highest BCUT2D eigenvalue weighted by Gasteiger charge is 2.38. The van der Waals surface area contributed by atoms with E-state index in [0.717, 1.165) is 5.56 Å². The van der Waals surface area contributed by atoms with Crippen molar-refractivity contribution in [1.29, 1.82) is 0 Å². The van der Waals surface area contributed by atoms with Gasteiger partial charge in [-0.25, -0.2) is 8.42 Å². The first-order valence-electron chi connectivity index (χ1n) is 11.8. The molecule has 0 amide bonds. The SMILES string of the molecule is C[C@H](CO)N1C[C@H](C)[C@@H](CN(C)Cc2ccncc2)Oc2cc(C#CCN(C)C)ccc2S1(=O)=O. The Labute approximate surface area is 209 Å². The summed E-state index contributed by atoms with van der Waals surface area (Å²) in [6.45, 7) is 5.61. The average molecular weight is 501 g/mol. The zero-order valence-electron chi connectivity index (χ0n) is 21.2. The summed E-state index contributed by atoms with van der Waals surface area (Å²) in [5.74, 6) is 6.37. The van der Waals surface area contributed by atoms with Crippen molar-refractivity contribution < 1.29 is 18.3 Å². The number of nitrogens with zero attached hydrogens (tertiary/aromatic N) is 4. The molecule has 3 rings (SSSR count). The van der Waals surface area contributed by atoms with Gasteiger partial charge in [0.15, 0.2) is 0 Å². The van der Waals surface area contributed by atoms with E-state index in [1.165, 1.54) is 4.31 Å². The molecule has 1 aliphatic heterocycles. The van der Waals surface area contributed by atoms with Crippen LogP contribution in [0.1, 0.15) is 25.0 Å². The fraction of sp³-hybridized carbons (Fsp3) is 0.500. The molecular weight excluding hydrogens is 464 g/mol. The van der Waals surface area contributed by atoms with Crippen LogP contribution in [0, 0.1) is 17.8 Å². The van der Waals surface area contributed by atoms with Crippen LogP contribution in [-0.4, -0.2) is 92.1 Å². The van der Waals surface area contributed by atoms with Gasteiger partial charge in [0.25, 0.3) is 0 Å². The number of benzene rings is 1. The topological polar surface area (TPSA) is 86.2 Å². The monoisotopic (exact) mass is 500 g/mol. The molecule has 0 unspecified atom stereocenters. The van der Waals surface area contributed by atoms with E-state index < -0.39 is 16.1 Å². The third-order valence-corrected chi connectivity index (χ3v) is 8.01. The van der Waals surface area contributed by atoms with Gasteiger partial charge in [-0.05, 0) is 64.0 Å². The lowest BCUT2D eigenvalue weighted by Crippen LogP contribution is -2.49. The zero-order chi connectivity index (χ0) is 25.6. The van der Waals surface area contributed by atoms with E-state index in [1.807, 2.05) is 45.1 Å². The van der Waals surface area contributed by atoms with E-state index in [0.29, 0.717) is 30.9 Å². The summed E-state index contributed by atoms with van der Waals surface area (Å²) in [6, 6.07) is 8.39. The lowest BCUT2D eigenvalue weighted by molar-refractivity contribution is 0.0733. The summed E-state index contributed by atoms with van der Waals surface area (Å²) < 4.78 is 35.0. The minimum absolute atomic E-state index is 0.102. The molecule has 9 heteroatoms. The Morgan fingerprint density at radius 2 is 1.94 bits per heavy atom. The maximum Gasteiger partial charge on any atom is 0.247 e. The van der Waals surface area contributed by atoms with Gasteiger partial charge in [-0.2, -0.15) is 4.31 Å². The molecule has 0 spiro atoms. The minimum Gasteiger partial charge on any atom is -0.487 e. The van der Waals surface area contributed by atoms with E-state index in [-0.39, 0.29) is 30.1 Å². The van der Waals surface area contributed by atoms with Crippen LogP contribution in [0.5, 0.6) is 5.75 Å². The van der Waals surface area contributed by atoms with Crippen LogP contribution in [0.4, 0.5) is 0 Å². The van der Waals surface area contributed by atoms with Gasteiger partial charge in [0, 0.05) is 49.6 Å². The van der Waals surface area contributed by atoms with Crippen molar-refractivity contribution in [3.63, 3.8) is 0 Å². The summed E-state index contributed by atoms with van der Waals surface area (Å²) >= 11 is 0. The number of pyridine rings is 1. The van der Waals surface area contributed by atoms with Crippen LogP contribution in [0.15, 0.2) is 47.6 Å². The fourth-order valence-corrected chi connectivity index (χ4v) is 5.82. The number of aliphatic hydroxyl groups excluding tert-OH is 1. The van der Waals surface area contributed by atoms with Crippen molar-refractivity contribution in [3.8, 4) is 17.6 Å². The van der Waals surface area contributed by atoms with Gasteiger partial charge < -0.3 is 9.84 Å². The molecule has 2 heterocycles. The van der Waals surface area contributed by atoms with E-state index in [9.17, 15) is 13.5 Å². The van der Waals surface area contributed by atoms with Crippen molar-refractivity contribution in [2.45, 2.75) is 37.4 Å². The molecule has 0 fully saturated rings. The van der Waals surface area contributed by atoms with Crippen molar-refractivity contribution in [2.75, 3.05) is 47.4 Å². The lowest BCUT2D eigenvalue weighted by Gasteiger charge is -2.37. The van der Waals surface area contributed by atoms with Gasteiger partial charge in [-0.1, -0.05) is 18.8 Å². The molecule has 2 aromatic rings. The Morgan fingerprint density at radius 1 is 1.23 bits per heavy atom. The molecule has 1 aliphatic rings. The number of hydrogen-bond donors (Lipinski definition) is 1. The van der Waals surface area contributed by atoms with Crippen LogP contribution in [0.2, 0.25) is 0 Å². The second-order valence-electron chi connectivity index (χ2n) is 9.49. The van der Waals surface area contributed by atoms with Crippen molar-refractivity contribution in [3.05, 3.63) is 53.9 Å². The molecule has 0 bridgehead atoms. The molecule has 1 N–H and O–H groups in total. The molecule has 0 saturated heterocycles. The first-order chi connectivity index (χ1) is 16.6. The van der Waals surface area contributed by atoms with Crippen LogP contribution in [0.25, 0.3) is 0 Å². The predicted molar refractivity (Wildman–Crippen MR) is 136 cm³/mol. The Hall–Kier alpha value is -2.48. The predicted octanol–water partition coefficient (Wildman–Crippen LogP) is 1.90. The summed E-state index contributed by atoms with van der Waals surface area (Å²) in [4.78, 5) is 8.30. The van der Waals surface area contributed by atoms with Crippen molar-refractivity contribution >= 4 is 10.0 Å². The van der Waals surface area contributed by atoms with E-state index in [1.54, 1.807) is 37.5 Å². The number of sulfonamides is 1. The number of hydrogen-bond acceptors (Lipinski definition) is 7. The molecule has 35 heavy (non-hydrogen) atoms. The van der Waals surface area contributed by atoms with E-state index in [2.05, 4.69) is 21.7 Å². The number of likely N-dealkylation sites (N-methyl/N-ethyl adjacent to an activating group) is 1. The summed E-state index contributed by atoms with van der Waals surface area (Å²) in [6.07, 6.45) is 3.27. The molecule has 0 radical (unpaired) electrons. The highest BCUT2D eigenvalue weighted by atomic mass is 32.2. The highest BCUT2D eigenvalue weighted by Crippen LogP contribution is 2.34. The molecule has 3 atom stereocenters. The quantitative estimate of drug-likeness (QED) is 0.581. The van der Waals surface area contributed by atoms with Gasteiger partial charge in [-0.3, -0.25) is 14.8 Å². The standard InChI is InChI=1S/C26H36N4O4S/c1-20-16-30(21(2)19-31)35(32,33)26-9-8-22(7-6-14-28(3)4)15-24(26)34-25(20)18-29(5)17-23-10-12-27-13-11-23/h8-13,15,20-21,25,31H,14,16-19H2,1-5H3/t20-,21+,25+/m0/s1. The van der Waals surface area contributed by atoms with Gasteiger partial charge in [0.1, 0.15) is 16.7 Å². The van der Waals surface area contributed by atoms with E-state index in [4.69, 9.17) is 4.74 Å². The second-order valence-corrected chi connectivity index (χ2v) is 11.4. The van der Waals surface area contributed by atoms with Crippen LogP contribution in [0.3, 0.4) is 0 Å². The Kier molecular flexibility index (Phi) is 9.27. The third-order valence-electron chi connectivity index (χ3n) is 5.99. The van der Waals surface area contributed by atoms with E-state index >= 15 is 0 Å². The van der Waals surface area contributed by atoms with Gasteiger partial charge >= 0.3 is 0 Å². The molecule has 1 aromatic carbocycles. The first kappa shape index (κ1) is 27.1. The Morgan fingerprint density at radius 3 is 2.60 bits per heavy atom. The smallest absolute Gasteiger partial charge is 0.247 e. The largest absolute Gasteiger partial charge is 0.487 e. The molecule has 0 saturated carbocycles. The van der Waals surface area contributed by atoms with Crippen molar-refractivity contribution in [1.82, 2.24) is 19.1 Å². The van der Waals surface area contributed by atoms with Crippen molar-refractivity contribution in [2.24, 2.45) is 5.92 Å². The summed E-state index contributed by atoms with van der Waals surface area (Å²) in [5.41, 5.74) is 1.83. The van der Waals surface area contributed by atoms with Gasteiger partial charge in [-0.15, -0.1) is 0 Å². The van der Waals surface area contributed by atoms with Crippen LogP contribution in [-0.2, 0) is 16.6 Å². The fourth-order valence-electron chi connectivity index (χ4n) is 3.99. The number of aromatic nitrogens is 1. The summed E-state index contributed by atoms with van der Waals surface area (Å²) in [7, 11) is 2.03. The average Bonchev–Trinajstić information content (AvgIpc) is 2.81. The number of fused-ring (bicyclic) bond motifs is 1. The van der Waals surface area contributed by atoms with Crippen LogP contribution >= 0.6 is 0 Å². The molecule has 0 aliphatic carbocycles. The molecular formula is C26H36N4O4S. The Balaban J connectivity index is 1.97. The number of ether oxygens (including phenoxy) is 1. The normalized spacial score (nSPS) is 20.8. The van der Waals surface area contributed by atoms with Gasteiger partial charge in [0.05, 0.1) is 13.2 Å². The second kappa shape index (κ2) is 12.0. The summed E-state index contributed by atoms with van der Waals surface area (Å²) in [5, 5.41) is 9.80. The third kappa shape index (κ3) is 7.03. The van der Waals surface area contributed by atoms with Gasteiger partial charge in [0.2, 0.25) is 10.0 Å². The highest BCUT2D eigenvalue weighted by molar-refractivity contribution is 7.89. The maximum absolute atomic E-state index is 13.6. The molecule has 8 nitrogen and oxygen atoms in total. The van der Waals surface area contributed by atoms with Crippen LogP contribution < -0.4 is 4.74 Å².